The molecule has 0 aromatic carbocycles. The quantitative estimate of drug-likeness (QED) is 0.504. The number of nitrogens with two attached hydrogens (primary N) is 1. The van der Waals surface area contributed by atoms with Crippen molar-refractivity contribution in [3.63, 3.8) is 0 Å². The van der Waals surface area contributed by atoms with Crippen molar-refractivity contribution in [2.45, 2.75) is 33.1 Å². The van der Waals surface area contributed by atoms with E-state index in [0.29, 0.717) is 12.3 Å². The Balaban J connectivity index is 3.72. The van der Waals surface area contributed by atoms with Crippen LogP contribution in [0.3, 0.4) is 0 Å². The fourth-order valence-electron chi connectivity index (χ4n) is 0.788. The molecule has 0 unspecified atom stereocenters. The number of hydrogen-bond donors (Lipinski definition) is 1. The highest BCUT2D eigenvalue weighted by Gasteiger charge is 1.97. The third-order valence-electron chi connectivity index (χ3n) is 1.41. The van der Waals surface area contributed by atoms with Crippen LogP contribution in [0.15, 0.2) is 11.8 Å². The summed E-state index contributed by atoms with van der Waals surface area (Å²) < 4.78 is 4.70. The molecule has 0 saturated heterocycles. The lowest BCUT2D eigenvalue weighted by Crippen LogP contribution is -2.05. The van der Waals surface area contributed by atoms with Gasteiger partial charge in [-0.15, -0.1) is 0 Å². The second kappa shape index (κ2) is 6.70. The summed E-state index contributed by atoms with van der Waals surface area (Å²) in [6, 6.07) is 0. The van der Waals surface area contributed by atoms with Gasteiger partial charge < -0.3 is 10.5 Å². The molecule has 0 aliphatic rings. The molecule has 70 valence electrons. The van der Waals surface area contributed by atoms with Gasteiger partial charge in [0.05, 0.1) is 6.61 Å². The molecule has 0 spiro atoms. The van der Waals surface area contributed by atoms with Gasteiger partial charge in [0.1, 0.15) is 0 Å². The van der Waals surface area contributed by atoms with Gasteiger partial charge >= 0.3 is 5.97 Å². The fourth-order valence-corrected chi connectivity index (χ4v) is 0.788. The van der Waals surface area contributed by atoms with E-state index in [0.717, 1.165) is 19.3 Å². The van der Waals surface area contributed by atoms with Crippen LogP contribution in [-0.4, -0.2) is 12.6 Å². The van der Waals surface area contributed by atoms with Crippen molar-refractivity contribution < 1.29 is 9.53 Å². The van der Waals surface area contributed by atoms with Crippen molar-refractivity contribution >= 4 is 5.97 Å². The van der Waals surface area contributed by atoms with Crippen LogP contribution in [0.4, 0.5) is 0 Å². The Hall–Kier alpha value is -0.990. The van der Waals surface area contributed by atoms with E-state index in [2.05, 4.69) is 6.92 Å². The third kappa shape index (κ3) is 5.77. The molecule has 0 aromatic rings. The molecule has 3 nitrogen and oxygen atoms in total. The Morgan fingerprint density at radius 2 is 2.17 bits per heavy atom. The summed E-state index contributed by atoms with van der Waals surface area (Å²) in [5.74, 6) is -0.342. The van der Waals surface area contributed by atoms with E-state index in [9.17, 15) is 4.79 Å². The molecular weight excluding hydrogens is 154 g/mol. The molecule has 0 atom stereocenters. The maximum Gasteiger partial charge on any atom is 0.332 e. The topological polar surface area (TPSA) is 52.3 Å². The molecule has 0 aromatic heterocycles. The van der Waals surface area contributed by atoms with Crippen molar-refractivity contribution in [3.8, 4) is 0 Å². The minimum Gasteiger partial charge on any atom is -0.463 e. The van der Waals surface area contributed by atoms with Gasteiger partial charge in [0.15, 0.2) is 0 Å². The summed E-state index contributed by atoms with van der Waals surface area (Å²) in [5, 5.41) is 0. The summed E-state index contributed by atoms with van der Waals surface area (Å²) in [7, 11) is 0. The summed E-state index contributed by atoms with van der Waals surface area (Å²) in [6.45, 7) is 4.25. The lowest BCUT2D eigenvalue weighted by Gasteiger charge is -1.99. The second-order valence-corrected chi connectivity index (χ2v) is 2.57. The molecule has 0 fully saturated rings. The minimum atomic E-state index is -0.342. The second-order valence-electron chi connectivity index (χ2n) is 2.57. The lowest BCUT2D eigenvalue weighted by molar-refractivity contribution is -0.137. The lowest BCUT2D eigenvalue weighted by atomic mass is 10.2. The molecule has 2 N–H and O–H groups in total. The highest BCUT2D eigenvalue weighted by atomic mass is 16.5. The zero-order chi connectivity index (χ0) is 9.40. The first-order valence-electron chi connectivity index (χ1n) is 4.33. The molecule has 0 rings (SSSR count). The van der Waals surface area contributed by atoms with E-state index >= 15 is 0 Å². The van der Waals surface area contributed by atoms with Gasteiger partial charge in [0.2, 0.25) is 0 Å². The van der Waals surface area contributed by atoms with Gasteiger partial charge in [-0.05, 0) is 19.8 Å². The zero-order valence-corrected chi connectivity index (χ0v) is 7.80. The Bertz CT molecular complexity index is 164. The standard InChI is InChI=1S/C9H17NO2/c1-3-5-6-8(10)7-9(11)12-4-2/h7H,3-6,10H2,1-2H3/b8-7+. The summed E-state index contributed by atoms with van der Waals surface area (Å²) in [5.41, 5.74) is 6.16. The average Bonchev–Trinajstić information content (AvgIpc) is 2.01. The molecule has 0 amide bonds. The largest absolute Gasteiger partial charge is 0.463 e. The van der Waals surface area contributed by atoms with E-state index < -0.39 is 0 Å². The number of ether oxygens (including phenoxy) is 1. The van der Waals surface area contributed by atoms with Crippen LogP contribution in [0.25, 0.3) is 0 Å². The van der Waals surface area contributed by atoms with E-state index in [1.807, 2.05) is 0 Å². The van der Waals surface area contributed by atoms with Gasteiger partial charge in [-0.25, -0.2) is 4.79 Å². The Morgan fingerprint density at radius 3 is 2.67 bits per heavy atom. The van der Waals surface area contributed by atoms with E-state index in [1.54, 1.807) is 6.92 Å². The molecule has 0 saturated carbocycles. The molecule has 0 radical (unpaired) electrons. The molecule has 0 aliphatic carbocycles. The van der Waals surface area contributed by atoms with Crippen LogP contribution in [0, 0.1) is 0 Å². The summed E-state index contributed by atoms with van der Waals surface area (Å²) in [4.78, 5) is 10.8. The maximum absolute atomic E-state index is 10.8. The first kappa shape index (κ1) is 11.0. The van der Waals surface area contributed by atoms with Crippen LogP contribution in [0.2, 0.25) is 0 Å². The summed E-state index contributed by atoms with van der Waals surface area (Å²) in [6.07, 6.45) is 4.23. The van der Waals surface area contributed by atoms with E-state index in [1.165, 1.54) is 6.08 Å². The number of hydrogen-bond acceptors (Lipinski definition) is 3. The average molecular weight is 171 g/mol. The maximum atomic E-state index is 10.8. The van der Waals surface area contributed by atoms with Crippen molar-refractivity contribution in [2.24, 2.45) is 5.73 Å². The van der Waals surface area contributed by atoms with E-state index in [-0.39, 0.29) is 5.97 Å². The normalized spacial score (nSPS) is 11.3. The zero-order valence-electron chi connectivity index (χ0n) is 7.80. The van der Waals surface area contributed by atoms with Crippen molar-refractivity contribution in [3.05, 3.63) is 11.8 Å². The van der Waals surface area contributed by atoms with Gasteiger partial charge in [-0.2, -0.15) is 0 Å². The first-order valence-corrected chi connectivity index (χ1v) is 4.33. The predicted molar refractivity (Wildman–Crippen MR) is 48.4 cm³/mol. The molecule has 0 aliphatic heterocycles. The third-order valence-corrected chi connectivity index (χ3v) is 1.41. The number of carbonyl (C=O) groups excluding carboxylic acids is 1. The van der Waals surface area contributed by atoms with Crippen LogP contribution < -0.4 is 5.73 Å². The molecule has 0 bridgehead atoms. The smallest absolute Gasteiger partial charge is 0.332 e. The number of rotatable bonds is 5. The highest BCUT2D eigenvalue weighted by Crippen LogP contribution is 2.00. The predicted octanol–water partition coefficient (Wildman–Crippen LogP) is 1.58. The van der Waals surface area contributed by atoms with Crippen LogP contribution in [0.5, 0.6) is 0 Å². The van der Waals surface area contributed by atoms with Crippen molar-refractivity contribution in [2.75, 3.05) is 6.61 Å². The number of unbranched alkanes of at least 4 members (excludes halogenated alkanes) is 1. The van der Waals surface area contributed by atoms with Gasteiger partial charge in [0.25, 0.3) is 0 Å². The Labute approximate surface area is 73.6 Å². The van der Waals surface area contributed by atoms with E-state index in [4.69, 9.17) is 10.5 Å². The Morgan fingerprint density at radius 1 is 1.50 bits per heavy atom. The molecule has 3 heteroatoms. The van der Waals surface area contributed by atoms with Crippen molar-refractivity contribution in [1.29, 1.82) is 0 Å². The first-order chi connectivity index (χ1) is 5.70. The minimum absolute atomic E-state index is 0.342. The van der Waals surface area contributed by atoms with Crippen molar-refractivity contribution in [1.82, 2.24) is 0 Å². The Kier molecular flexibility index (Phi) is 6.15. The highest BCUT2D eigenvalue weighted by molar-refractivity contribution is 5.82. The number of carbonyl (C=O) groups is 1. The number of allylic oxidation sites excluding steroid dienone is 1. The molecule has 0 heterocycles. The fraction of sp³-hybridized carbons (Fsp3) is 0.667. The summed E-state index contributed by atoms with van der Waals surface area (Å²) >= 11 is 0. The molecule has 12 heavy (non-hydrogen) atoms. The number of esters is 1. The van der Waals surface area contributed by atoms with Gasteiger partial charge in [-0.1, -0.05) is 13.3 Å². The van der Waals surface area contributed by atoms with Gasteiger partial charge in [-0.3, -0.25) is 0 Å². The van der Waals surface area contributed by atoms with Crippen LogP contribution >= 0.6 is 0 Å². The van der Waals surface area contributed by atoms with Crippen LogP contribution in [0.1, 0.15) is 33.1 Å². The van der Waals surface area contributed by atoms with Crippen LogP contribution in [-0.2, 0) is 9.53 Å². The molecular formula is C9H17NO2. The SMILES string of the molecule is CCCC/C(N)=C\C(=O)OCC. The van der Waals surface area contributed by atoms with Gasteiger partial charge in [0, 0.05) is 11.8 Å². The monoisotopic (exact) mass is 171 g/mol.